The molecule has 1 saturated heterocycles. The third-order valence-corrected chi connectivity index (χ3v) is 4.05. The molecule has 1 N–H and O–H groups in total. The van der Waals surface area contributed by atoms with Crippen LogP contribution < -0.4 is 4.90 Å². The van der Waals surface area contributed by atoms with Gasteiger partial charge in [-0.2, -0.15) is 0 Å². The maximum Gasteiger partial charge on any atom is 0.270 e. The molecule has 2 aromatic rings. The summed E-state index contributed by atoms with van der Waals surface area (Å²) in [7, 11) is 0. The molecule has 0 spiro atoms. The highest BCUT2D eigenvalue weighted by atomic mass is 16.6. The highest BCUT2D eigenvalue weighted by Crippen LogP contribution is 2.25. The third kappa shape index (κ3) is 2.67. The minimum Gasteiger partial charge on any atom is -0.393 e. The number of nitrogens with zero attached hydrogens (tertiary/aromatic N) is 3. The van der Waals surface area contributed by atoms with E-state index in [4.69, 9.17) is 0 Å². The molecular weight excluding hydrogens is 270 g/mol. The highest BCUT2D eigenvalue weighted by molar-refractivity contribution is 5.82. The Morgan fingerprint density at radius 3 is 2.90 bits per heavy atom. The van der Waals surface area contributed by atoms with Gasteiger partial charge >= 0.3 is 0 Å². The molecule has 1 aromatic carbocycles. The molecule has 2 unspecified atom stereocenters. The molecule has 0 amide bonds. The van der Waals surface area contributed by atoms with Crippen molar-refractivity contribution in [1.82, 2.24) is 4.98 Å². The summed E-state index contributed by atoms with van der Waals surface area (Å²) in [5.41, 5.74) is 0.823. The zero-order valence-electron chi connectivity index (χ0n) is 11.8. The van der Waals surface area contributed by atoms with E-state index in [1.165, 1.54) is 12.1 Å². The number of benzene rings is 1. The van der Waals surface area contributed by atoms with Crippen LogP contribution in [0.3, 0.4) is 0 Å². The minimum atomic E-state index is -0.402. The number of nitro groups is 1. The van der Waals surface area contributed by atoms with E-state index in [-0.39, 0.29) is 17.7 Å². The van der Waals surface area contributed by atoms with Crippen molar-refractivity contribution in [3.05, 3.63) is 40.4 Å². The van der Waals surface area contributed by atoms with Crippen LogP contribution in [0, 0.1) is 16.0 Å². The molecule has 1 aromatic heterocycles. The summed E-state index contributed by atoms with van der Waals surface area (Å²) in [6.45, 7) is 3.57. The Morgan fingerprint density at radius 2 is 2.19 bits per heavy atom. The third-order valence-electron chi connectivity index (χ3n) is 4.05. The van der Waals surface area contributed by atoms with Crippen LogP contribution in [0.2, 0.25) is 0 Å². The molecular formula is C15H17N3O3. The molecule has 2 atom stereocenters. The molecule has 21 heavy (non-hydrogen) atoms. The first-order valence-corrected chi connectivity index (χ1v) is 7.03. The Labute approximate surface area is 122 Å². The predicted octanol–water partition coefficient (Wildman–Crippen LogP) is 2.35. The number of aromatic nitrogens is 1. The fourth-order valence-electron chi connectivity index (χ4n) is 2.73. The number of anilines is 1. The van der Waals surface area contributed by atoms with Crippen molar-refractivity contribution in [2.45, 2.75) is 19.4 Å². The van der Waals surface area contributed by atoms with Crippen LogP contribution in [0.25, 0.3) is 10.9 Å². The van der Waals surface area contributed by atoms with Crippen molar-refractivity contribution in [3.8, 4) is 0 Å². The van der Waals surface area contributed by atoms with E-state index in [1.807, 2.05) is 19.1 Å². The Balaban J connectivity index is 1.91. The fourth-order valence-corrected chi connectivity index (χ4v) is 2.73. The first-order chi connectivity index (χ1) is 10.0. The van der Waals surface area contributed by atoms with Crippen LogP contribution in [-0.4, -0.2) is 34.2 Å². The summed E-state index contributed by atoms with van der Waals surface area (Å²) in [6, 6.07) is 8.44. The fraction of sp³-hybridized carbons (Fsp3) is 0.400. The van der Waals surface area contributed by atoms with Gasteiger partial charge in [0.25, 0.3) is 5.69 Å². The van der Waals surface area contributed by atoms with E-state index in [2.05, 4.69) is 9.88 Å². The normalized spacial score (nSPS) is 22.5. The Kier molecular flexibility index (Phi) is 3.47. The van der Waals surface area contributed by atoms with Crippen molar-refractivity contribution >= 4 is 22.4 Å². The van der Waals surface area contributed by atoms with Gasteiger partial charge in [0, 0.05) is 30.6 Å². The van der Waals surface area contributed by atoms with E-state index in [0.717, 1.165) is 36.2 Å². The number of hydrogen-bond acceptors (Lipinski definition) is 5. The summed E-state index contributed by atoms with van der Waals surface area (Å²) < 4.78 is 0. The van der Waals surface area contributed by atoms with E-state index in [0.29, 0.717) is 0 Å². The quantitative estimate of drug-likeness (QED) is 0.677. The number of piperidine rings is 1. The van der Waals surface area contributed by atoms with Gasteiger partial charge in [-0.3, -0.25) is 10.1 Å². The lowest BCUT2D eigenvalue weighted by molar-refractivity contribution is -0.384. The van der Waals surface area contributed by atoms with Crippen molar-refractivity contribution in [1.29, 1.82) is 0 Å². The van der Waals surface area contributed by atoms with E-state index < -0.39 is 4.92 Å². The molecule has 3 rings (SSSR count). The van der Waals surface area contributed by atoms with E-state index in [9.17, 15) is 15.2 Å². The monoisotopic (exact) mass is 287 g/mol. The summed E-state index contributed by atoms with van der Waals surface area (Å²) in [5, 5.41) is 21.3. The summed E-state index contributed by atoms with van der Waals surface area (Å²) >= 11 is 0. The average Bonchev–Trinajstić information content (AvgIpc) is 2.49. The topological polar surface area (TPSA) is 79.5 Å². The smallest absolute Gasteiger partial charge is 0.270 e. The molecule has 0 aliphatic carbocycles. The second kappa shape index (κ2) is 5.29. The molecule has 1 aliphatic heterocycles. The number of aliphatic hydroxyl groups is 1. The summed E-state index contributed by atoms with van der Waals surface area (Å²) in [6.07, 6.45) is 0.491. The van der Waals surface area contributed by atoms with Gasteiger partial charge < -0.3 is 10.0 Å². The van der Waals surface area contributed by atoms with Crippen molar-refractivity contribution in [2.75, 3.05) is 18.0 Å². The van der Waals surface area contributed by atoms with Gasteiger partial charge in [0.15, 0.2) is 0 Å². The molecule has 2 heterocycles. The van der Waals surface area contributed by atoms with Crippen molar-refractivity contribution in [3.63, 3.8) is 0 Å². The maximum absolute atomic E-state index is 10.8. The molecule has 0 saturated carbocycles. The zero-order chi connectivity index (χ0) is 15.0. The largest absolute Gasteiger partial charge is 0.393 e. The number of non-ortho nitro benzene ring substituents is 1. The molecule has 1 fully saturated rings. The van der Waals surface area contributed by atoms with Gasteiger partial charge in [0.2, 0.25) is 0 Å². The lowest BCUT2D eigenvalue weighted by atomic mass is 9.97. The standard InChI is InChI=1S/C15H17N3O3/c1-10-9-17(7-6-14(10)19)15-5-2-11-8-12(18(20)21)3-4-13(11)16-15/h2-5,8,10,14,19H,6-7,9H2,1H3. The number of aliphatic hydroxyl groups excluding tert-OH is 1. The maximum atomic E-state index is 10.8. The van der Waals surface area contributed by atoms with Crippen LogP contribution in [0.15, 0.2) is 30.3 Å². The number of rotatable bonds is 2. The van der Waals surface area contributed by atoms with Gasteiger partial charge in [0.1, 0.15) is 5.82 Å². The Morgan fingerprint density at radius 1 is 1.38 bits per heavy atom. The molecule has 110 valence electrons. The SMILES string of the molecule is CC1CN(c2ccc3cc([N+](=O)[O-])ccc3n2)CCC1O. The lowest BCUT2D eigenvalue weighted by Crippen LogP contribution is -2.42. The number of hydrogen-bond donors (Lipinski definition) is 1. The summed E-state index contributed by atoms with van der Waals surface area (Å²) in [4.78, 5) is 17.1. The molecule has 0 bridgehead atoms. The van der Waals surface area contributed by atoms with Crippen LogP contribution >= 0.6 is 0 Å². The van der Waals surface area contributed by atoms with E-state index >= 15 is 0 Å². The van der Waals surface area contributed by atoms with Crippen molar-refractivity contribution in [2.24, 2.45) is 5.92 Å². The number of nitro benzene ring substituents is 1. The zero-order valence-corrected chi connectivity index (χ0v) is 11.8. The first kappa shape index (κ1) is 13.8. The Hall–Kier alpha value is -2.21. The van der Waals surface area contributed by atoms with Crippen LogP contribution in [0.4, 0.5) is 11.5 Å². The Bertz CT molecular complexity index is 689. The summed E-state index contributed by atoms with van der Waals surface area (Å²) in [5.74, 6) is 1.07. The molecule has 6 heteroatoms. The van der Waals surface area contributed by atoms with Gasteiger partial charge in [0.05, 0.1) is 16.5 Å². The van der Waals surface area contributed by atoms with Crippen LogP contribution in [0.5, 0.6) is 0 Å². The van der Waals surface area contributed by atoms with E-state index in [1.54, 1.807) is 6.07 Å². The van der Waals surface area contributed by atoms with Crippen molar-refractivity contribution < 1.29 is 10.0 Å². The van der Waals surface area contributed by atoms with Crippen LogP contribution in [-0.2, 0) is 0 Å². The first-order valence-electron chi connectivity index (χ1n) is 7.03. The second-order valence-corrected chi connectivity index (χ2v) is 5.58. The van der Waals surface area contributed by atoms with Gasteiger partial charge in [-0.05, 0) is 30.5 Å². The van der Waals surface area contributed by atoms with Gasteiger partial charge in [-0.25, -0.2) is 4.98 Å². The number of fused-ring (bicyclic) bond motifs is 1. The number of pyridine rings is 1. The van der Waals surface area contributed by atoms with Crippen LogP contribution in [0.1, 0.15) is 13.3 Å². The predicted molar refractivity (Wildman–Crippen MR) is 80.4 cm³/mol. The molecule has 1 aliphatic rings. The molecule has 0 radical (unpaired) electrons. The molecule has 6 nitrogen and oxygen atoms in total. The van der Waals surface area contributed by atoms with Gasteiger partial charge in [-0.1, -0.05) is 6.92 Å². The van der Waals surface area contributed by atoms with Gasteiger partial charge in [-0.15, -0.1) is 0 Å². The second-order valence-electron chi connectivity index (χ2n) is 5.58. The average molecular weight is 287 g/mol. The lowest BCUT2D eigenvalue weighted by Gasteiger charge is -2.35. The minimum absolute atomic E-state index is 0.0757. The highest BCUT2D eigenvalue weighted by Gasteiger charge is 2.25.